The zero-order valence-electron chi connectivity index (χ0n) is 16.9. The number of benzene rings is 2. The van der Waals surface area contributed by atoms with Crippen molar-refractivity contribution in [1.29, 1.82) is 0 Å². The monoisotopic (exact) mass is 406 g/mol. The molecular formula is C23H26N4O3. The van der Waals surface area contributed by atoms with Gasteiger partial charge in [-0.3, -0.25) is 9.80 Å². The maximum absolute atomic E-state index is 12.6. The van der Waals surface area contributed by atoms with Crippen LogP contribution in [0, 0.1) is 0 Å². The molecule has 3 aromatic rings. The Kier molecular flexibility index (Phi) is 5.29. The van der Waals surface area contributed by atoms with E-state index in [1.54, 1.807) is 4.90 Å². The maximum atomic E-state index is 12.6. The minimum Gasteiger partial charge on any atom is -0.494 e. The van der Waals surface area contributed by atoms with Crippen molar-refractivity contribution < 1.29 is 14.3 Å². The fourth-order valence-corrected chi connectivity index (χ4v) is 4.04. The van der Waals surface area contributed by atoms with E-state index in [0.717, 1.165) is 73.0 Å². The van der Waals surface area contributed by atoms with Gasteiger partial charge >= 0.3 is 6.03 Å². The molecule has 2 aliphatic rings. The number of aromatic amines is 1. The fourth-order valence-electron chi connectivity index (χ4n) is 4.04. The van der Waals surface area contributed by atoms with Crippen molar-refractivity contribution in [3.63, 3.8) is 0 Å². The normalized spacial score (nSPS) is 17.1. The minimum atomic E-state index is -0.131. The van der Waals surface area contributed by atoms with Crippen molar-refractivity contribution >= 4 is 28.4 Å². The second-order valence-corrected chi connectivity index (χ2v) is 7.73. The van der Waals surface area contributed by atoms with Crippen molar-refractivity contribution in [2.24, 2.45) is 0 Å². The van der Waals surface area contributed by atoms with Crippen LogP contribution in [0.2, 0.25) is 0 Å². The van der Waals surface area contributed by atoms with Gasteiger partial charge in [0.25, 0.3) is 0 Å². The predicted octanol–water partition coefficient (Wildman–Crippen LogP) is 3.82. The first kappa shape index (κ1) is 19.0. The van der Waals surface area contributed by atoms with E-state index >= 15 is 0 Å². The molecular weight excluding hydrogens is 380 g/mol. The van der Waals surface area contributed by atoms with E-state index < -0.39 is 0 Å². The molecule has 0 atom stereocenters. The van der Waals surface area contributed by atoms with E-state index in [0.29, 0.717) is 13.2 Å². The summed E-state index contributed by atoms with van der Waals surface area (Å²) in [6.07, 6.45) is 0.981. The van der Waals surface area contributed by atoms with Crippen molar-refractivity contribution in [2.75, 3.05) is 49.7 Å². The van der Waals surface area contributed by atoms with Crippen LogP contribution in [0.3, 0.4) is 0 Å². The van der Waals surface area contributed by atoms with Gasteiger partial charge in [0, 0.05) is 36.2 Å². The van der Waals surface area contributed by atoms with E-state index in [2.05, 4.69) is 15.2 Å². The number of urea groups is 1. The average molecular weight is 406 g/mol. The van der Waals surface area contributed by atoms with Gasteiger partial charge in [0.1, 0.15) is 11.6 Å². The molecule has 1 aromatic heterocycles. The van der Waals surface area contributed by atoms with Crippen molar-refractivity contribution in [2.45, 2.75) is 13.0 Å². The van der Waals surface area contributed by atoms with E-state index in [9.17, 15) is 4.79 Å². The van der Waals surface area contributed by atoms with Gasteiger partial charge < -0.3 is 19.8 Å². The van der Waals surface area contributed by atoms with E-state index in [1.165, 1.54) is 0 Å². The number of H-pyrrole nitrogens is 1. The first-order valence-corrected chi connectivity index (χ1v) is 10.5. The molecule has 2 aliphatic heterocycles. The summed E-state index contributed by atoms with van der Waals surface area (Å²) in [6.45, 7) is 5.85. The summed E-state index contributed by atoms with van der Waals surface area (Å²) in [5.41, 5.74) is 2.90. The number of nitrogens with one attached hydrogen (secondary N) is 2. The molecule has 156 valence electrons. The number of carbonyl (C=O) groups excluding carboxylic acids is 1. The number of para-hydroxylation sites is 1. The standard InChI is InChI=1S/C23H26N4O3/c28-23-25-21-7-6-19(30-11-3-8-26-9-12-29-13-10-26)14-18(21)16-27(23)22-15-17-4-1-2-5-20(17)24-22/h1-2,4-7,14-15,24H,3,8-13,16H2,(H,25,28). The third kappa shape index (κ3) is 3.99. The summed E-state index contributed by atoms with van der Waals surface area (Å²) in [5.74, 6) is 1.62. The number of hydrogen-bond acceptors (Lipinski definition) is 4. The van der Waals surface area contributed by atoms with Gasteiger partial charge in [-0.25, -0.2) is 4.79 Å². The molecule has 7 heteroatoms. The second-order valence-electron chi connectivity index (χ2n) is 7.73. The highest BCUT2D eigenvalue weighted by molar-refractivity contribution is 6.05. The smallest absolute Gasteiger partial charge is 0.327 e. The van der Waals surface area contributed by atoms with Crippen molar-refractivity contribution in [3.05, 3.63) is 54.1 Å². The van der Waals surface area contributed by atoms with Gasteiger partial charge in [-0.1, -0.05) is 18.2 Å². The molecule has 0 aliphatic carbocycles. The highest BCUT2D eigenvalue weighted by Gasteiger charge is 2.25. The first-order valence-electron chi connectivity index (χ1n) is 10.5. The molecule has 0 spiro atoms. The molecule has 2 N–H and O–H groups in total. The summed E-state index contributed by atoms with van der Waals surface area (Å²) in [5, 5.41) is 4.07. The molecule has 0 unspecified atom stereocenters. The predicted molar refractivity (Wildman–Crippen MR) is 117 cm³/mol. The number of amides is 2. The van der Waals surface area contributed by atoms with Gasteiger partial charge in [0.2, 0.25) is 0 Å². The lowest BCUT2D eigenvalue weighted by molar-refractivity contribution is 0.0358. The zero-order valence-corrected chi connectivity index (χ0v) is 16.9. The van der Waals surface area contributed by atoms with Crippen molar-refractivity contribution in [1.82, 2.24) is 9.88 Å². The summed E-state index contributed by atoms with van der Waals surface area (Å²) in [4.78, 5) is 20.1. The Balaban J connectivity index is 1.24. The Morgan fingerprint density at radius 3 is 2.80 bits per heavy atom. The Labute approximate surface area is 175 Å². The summed E-state index contributed by atoms with van der Waals surface area (Å²) in [6, 6.07) is 15.8. The largest absolute Gasteiger partial charge is 0.494 e. The number of hydrogen-bond donors (Lipinski definition) is 2. The molecule has 0 radical (unpaired) electrons. The Morgan fingerprint density at radius 1 is 1.07 bits per heavy atom. The minimum absolute atomic E-state index is 0.131. The van der Waals surface area contributed by atoms with Crippen LogP contribution in [0.25, 0.3) is 10.9 Å². The highest BCUT2D eigenvalue weighted by atomic mass is 16.5. The maximum Gasteiger partial charge on any atom is 0.327 e. The SMILES string of the molecule is O=C1Nc2ccc(OCCCN3CCOCC3)cc2CN1c1cc2ccccc2[nH]1. The topological polar surface area (TPSA) is 69.8 Å². The molecule has 30 heavy (non-hydrogen) atoms. The molecule has 2 aromatic carbocycles. The Morgan fingerprint density at radius 2 is 1.93 bits per heavy atom. The molecule has 0 saturated carbocycles. The molecule has 3 heterocycles. The van der Waals surface area contributed by atoms with Crippen molar-refractivity contribution in [3.8, 4) is 5.75 Å². The van der Waals surface area contributed by atoms with Crippen LogP contribution in [0.1, 0.15) is 12.0 Å². The van der Waals surface area contributed by atoms with E-state index in [1.807, 2.05) is 48.5 Å². The van der Waals surface area contributed by atoms with Crippen LogP contribution in [0.5, 0.6) is 5.75 Å². The molecule has 1 fully saturated rings. The molecule has 7 nitrogen and oxygen atoms in total. The van der Waals surface area contributed by atoms with Crippen LogP contribution in [-0.4, -0.2) is 55.4 Å². The number of anilines is 2. The fraction of sp³-hybridized carbons (Fsp3) is 0.348. The van der Waals surface area contributed by atoms with Crippen LogP contribution in [0.4, 0.5) is 16.3 Å². The third-order valence-electron chi connectivity index (χ3n) is 5.69. The van der Waals surface area contributed by atoms with Gasteiger partial charge in [-0.2, -0.15) is 0 Å². The molecule has 5 rings (SSSR count). The number of rotatable bonds is 6. The lowest BCUT2D eigenvalue weighted by Crippen LogP contribution is -2.38. The Bertz CT molecular complexity index is 1010. The third-order valence-corrected chi connectivity index (χ3v) is 5.69. The number of ether oxygens (including phenoxy) is 2. The highest BCUT2D eigenvalue weighted by Crippen LogP contribution is 2.31. The number of carbonyl (C=O) groups is 1. The second kappa shape index (κ2) is 8.38. The molecule has 2 amide bonds. The lowest BCUT2D eigenvalue weighted by Gasteiger charge is -2.28. The van der Waals surface area contributed by atoms with Crippen LogP contribution in [0.15, 0.2) is 48.5 Å². The number of fused-ring (bicyclic) bond motifs is 2. The van der Waals surface area contributed by atoms with Gasteiger partial charge in [-0.05, 0) is 42.3 Å². The van der Waals surface area contributed by atoms with E-state index in [-0.39, 0.29) is 6.03 Å². The van der Waals surface area contributed by atoms with Crippen LogP contribution in [-0.2, 0) is 11.3 Å². The van der Waals surface area contributed by atoms with E-state index in [4.69, 9.17) is 9.47 Å². The number of nitrogens with zero attached hydrogens (tertiary/aromatic N) is 2. The molecule has 1 saturated heterocycles. The van der Waals surface area contributed by atoms with Crippen LogP contribution < -0.4 is 15.0 Å². The van der Waals surface area contributed by atoms with Gasteiger partial charge in [0.15, 0.2) is 0 Å². The quantitative estimate of drug-likeness (QED) is 0.611. The lowest BCUT2D eigenvalue weighted by atomic mass is 10.1. The zero-order chi connectivity index (χ0) is 20.3. The number of aromatic nitrogens is 1. The van der Waals surface area contributed by atoms with Crippen LogP contribution >= 0.6 is 0 Å². The number of morpholine rings is 1. The summed E-state index contributed by atoms with van der Waals surface area (Å²) >= 11 is 0. The summed E-state index contributed by atoms with van der Waals surface area (Å²) in [7, 11) is 0. The average Bonchev–Trinajstić information content (AvgIpc) is 3.21. The summed E-state index contributed by atoms with van der Waals surface area (Å²) < 4.78 is 11.4. The molecule has 0 bridgehead atoms. The van der Waals surface area contributed by atoms with Gasteiger partial charge in [-0.15, -0.1) is 0 Å². The van der Waals surface area contributed by atoms with Gasteiger partial charge in [0.05, 0.1) is 26.4 Å². The Hall–Kier alpha value is -3.03. The first-order chi connectivity index (χ1) is 14.8.